The lowest BCUT2D eigenvalue weighted by atomic mass is 10.1. The summed E-state index contributed by atoms with van der Waals surface area (Å²) in [5.41, 5.74) is 3.41. The highest BCUT2D eigenvalue weighted by Gasteiger charge is 2.30. The number of nitrogens with zero attached hydrogens (tertiary/aromatic N) is 1. The van der Waals surface area contributed by atoms with Crippen molar-refractivity contribution in [2.24, 2.45) is 5.10 Å². The van der Waals surface area contributed by atoms with Crippen molar-refractivity contribution in [2.75, 3.05) is 7.11 Å². The number of methoxy groups -OCH3 is 1. The van der Waals surface area contributed by atoms with Crippen LogP contribution in [-0.2, 0) is 24.0 Å². The molecule has 0 atom stereocenters. The lowest BCUT2D eigenvalue weighted by Crippen LogP contribution is -2.20. The van der Waals surface area contributed by atoms with E-state index in [2.05, 4.69) is 26.5 Å². The van der Waals surface area contributed by atoms with E-state index in [1.54, 1.807) is 12.1 Å². The molecule has 9 heteroatoms. The van der Waals surface area contributed by atoms with E-state index in [4.69, 9.17) is 9.47 Å². The number of benzene rings is 4. The number of rotatable bonds is 8. The van der Waals surface area contributed by atoms with Crippen LogP contribution in [0.15, 0.2) is 88.4 Å². The van der Waals surface area contributed by atoms with Crippen molar-refractivity contribution in [3.05, 3.63) is 106 Å². The summed E-state index contributed by atoms with van der Waals surface area (Å²) in [6.45, 7) is 0.329. The van der Waals surface area contributed by atoms with Gasteiger partial charge in [0.15, 0.2) is 11.5 Å². The molecule has 0 aliphatic heterocycles. The molecule has 0 saturated heterocycles. The third-order valence-electron chi connectivity index (χ3n) is 5.53. The highest BCUT2D eigenvalue weighted by molar-refractivity contribution is 9.10. The Bertz CT molecular complexity index is 1450. The maximum absolute atomic E-state index is 12.9. The van der Waals surface area contributed by atoms with Crippen molar-refractivity contribution in [3.8, 4) is 11.5 Å². The first kappa shape index (κ1) is 26.2. The molecule has 1 N–H and O–H groups in total. The number of hydrazone groups is 1. The quantitative estimate of drug-likeness (QED) is 0.185. The van der Waals surface area contributed by atoms with Gasteiger partial charge in [-0.05, 0) is 61.6 Å². The molecular formula is C28H22BrF3N2O3. The van der Waals surface area contributed by atoms with Gasteiger partial charge in [-0.15, -0.1) is 0 Å². The molecule has 0 spiro atoms. The van der Waals surface area contributed by atoms with Gasteiger partial charge in [0.1, 0.15) is 6.61 Å². The van der Waals surface area contributed by atoms with Gasteiger partial charge in [-0.1, -0.05) is 60.7 Å². The van der Waals surface area contributed by atoms with Gasteiger partial charge in [0, 0.05) is 0 Å². The number of ether oxygens (including phenoxy) is 2. The predicted molar refractivity (Wildman–Crippen MR) is 140 cm³/mol. The van der Waals surface area contributed by atoms with E-state index in [1.807, 2.05) is 42.5 Å². The number of hydrogen-bond donors (Lipinski definition) is 1. The summed E-state index contributed by atoms with van der Waals surface area (Å²) in [4.78, 5) is 12.2. The van der Waals surface area contributed by atoms with Crippen molar-refractivity contribution in [1.29, 1.82) is 0 Å². The van der Waals surface area contributed by atoms with Crippen LogP contribution in [0.2, 0.25) is 0 Å². The molecule has 190 valence electrons. The predicted octanol–water partition coefficient (Wildman–Crippen LogP) is 6.90. The summed E-state index contributed by atoms with van der Waals surface area (Å²) in [5.74, 6) is 0.434. The Morgan fingerprint density at radius 1 is 1.03 bits per heavy atom. The highest BCUT2D eigenvalue weighted by atomic mass is 79.9. The van der Waals surface area contributed by atoms with E-state index in [0.29, 0.717) is 28.1 Å². The largest absolute Gasteiger partial charge is 0.493 e. The summed E-state index contributed by atoms with van der Waals surface area (Å²) in [5, 5.41) is 6.14. The molecule has 5 nitrogen and oxygen atoms in total. The summed E-state index contributed by atoms with van der Waals surface area (Å²) < 4.78 is 50.8. The molecule has 0 bridgehead atoms. The Morgan fingerprint density at radius 3 is 2.57 bits per heavy atom. The normalized spacial score (nSPS) is 11.6. The molecule has 0 aliphatic carbocycles. The number of hydrogen-bond acceptors (Lipinski definition) is 4. The van der Waals surface area contributed by atoms with Crippen molar-refractivity contribution in [1.82, 2.24) is 5.43 Å². The molecule has 4 aromatic carbocycles. The minimum Gasteiger partial charge on any atom is -0.493 e. The van der Waals surface area contributed by atoms with Gasteiger partial charge in [-0.25, -0.2) is 5.43 Å². The van der Waals surface area contributed by atoms with Crippen LogP contribution >= 0.6 is 15.9 Å². The number of nitrogens with one attached hydrogen (secondary N) is 1. The van der Waals surface area contributed by atoms with E-state index in [1.165, 1.54) is 25.5 Å². The van der Waals surface area contributed by atoms with Crippen molar-refractivity contribution in [2.45, 2.75) is 19.2 Å². The van der Waals surface area contributed by atoms with Gasteiger partial charge in [-0.2, -0.15) is 18.3 Å². The van der Waals surface area contributed by atoms with Crippen LogP contribution in [0.5, 0.6) is 11.5 Å². The van der Waals surface area contributed by atoms with Gasteiger partial charge in [0.05, 0.1) is 29.8 Å². The molecular weight excluding hydrogens is 549 g/mol. The Balaban J connectivity index is 1.41. The van der Waals surface area contributed by atoms with Crippen LogP contribution in [0, 0.1) is 0 Å². The second-order valence-electron chi connectivity index (χ2n) is 8.13. The topological polar surface area (TPSA) is 59.9 Å². The van der Waals surface area contributed by atoms with Crippen LogP contribution in [0.1, 0.15) is 22.3 Å². The first-order chi connectivity index (χ1) is 17.7. The number of carbonyl (C=O) groups is 1. The average Bonchev–Trinajstić information content (AvgIpc) is 2.87. The molecule has 0 fully saturated rings. The third-order valence-corrected chi connectivity index (χ3v) is 6.11. The van der Waals surface area contributed by atoms with Gasteiger partial charge in [0.25, 0.3) is 0 Å². The van der Waals surface area contributed by atoms with Crippen molar-refractivity contribution < 1.29 is 27.4 Å². The van der Waals surface area contributed by atoms with E-state index in [-0.39, 0.29) is 12.0 Å². The summed E-state index contributed by atoms with van der Waals surface area (Å²) in [6, 6.07) is 22.2. The van der Waals surface area contributed by atoms with E-state index in [0.717, 1.165) is 28.5 Å². The first-order valence-corrected chi connectivity index (χ1v) is 12.0. The SMILES string of the molecule is COc1cc(C=NNC(=O)Cc2cccc(C(F)(F)F)c2)cc(Br)c1OCc1cccc2ccccc12. The summed E-state index contributed by atoms with van der Waals surface area (Å²) >= 11 is 3.50. The monoisotopic (exact) mass is 570 g/mol. The molecule has 4 aromatic rings. The van der Waals surface area contributed by atoms with Gasteiger partial charge in [0.2, 0.25) is 5.91 Å². The summed E-state index contributed by atoms with van der Waals surface area (Å²) in [7, 11) is 1.52. The first-order valence-electron chi connectivity index (χ1n) is 11.2. The maximum atomic E-state index is 12.9. The zero-order chi connectivity index (χ0) is 26.4. The van der Waals surface area contributed by atoms with Crippen LogP contribution in [0.4, 0.5) is 13.2 Å². The Kier molecular flexibility index (Phi) is 8.13. The molecule has 0 radical (unpaired) electrons. The van der Waals surface area contributed by atoms with Crippen LogP contribution in [0.3, 0.4) is 0 Å². The Hall–Kier alpha value is -3.85. The van der Waals surface area contributed by atoms with E-state index in [9.17, 15) is 18.0 Å². The van der Waals surface area contributed by atoms with Crippen LogP contribution in [-0.4, -0.2) is 19.2 Å². The van der Waals surface area contributed by atoms with E-state index < -0.39 is 17.6 Å². The molecule has 0 heterocycles. The zero-order valence-corrected chi connectivity index (χ0v) is 21.3. The fraction of sp³-hybridized carbons (Fsp3) is 0.143. The van der Waals surface area contributed by atoms with Gasteiger partial charge in [-0.3, -0.25) is 4.79 Å². The molecule has 37 heavy (non-hydrogen) atoms. The fourth-order valence-electron chi connectivity index (χ4n) is 3.78. The summed E-state index contributed by atoms with van der Waals surface area (Å²) in [6.07, 6.45) is -3.30. The molecule has 0 unspecified atom stereocenters. The van der Waals surface area contributed by atoms with E-state index >= 15 is 0 Å². The maximum Gasteiger partial charge on any atom is 0.416 e. The number of halogens is 4. The number of alkyl halides is 3. The molecule has 4 rings (SSSR count). The van der Waals surface area contributed by atoms with Crippen LogP contribution in [0.25, 0.3) is 10.8 Å². The lowest BCUT2D eigenvalue weighted by molar-refractivity contribution is -0.137. The minimum absolute atomic E-state index is 0.236. The second kappa shape index (κ2) is 11.5. The zero-order valence-electron chi connectivity index (χ0n) is 19.7. The highest BCUT2D eigenvalue weighted by Crippen LogP contribution is 2.37. The van der Waals surface area contributed by atoms with Crippen LogP contribution < -0.4 is 14.9 Å². The average molecular weight is 571 g/mol. The number of amides is 1. The van der Waals surface area contributed by atoms with Gasteiger partial charge < -0.3 is 9.47 Å². The lowest BCUT2D eigenvalue weighted by Gasteiger charge is -2.14. The fourth-order valence-corrected chi connectivity index (χ4v) is 4.36. The second-order valence-corrected chi connectivity index (χ2v) is 8.98. The molecule has 0 saturated carbocycles. The Labute approximate surface area is 220 Å². The van der Waals surface area contributed by atoms with Crippen molar-refractivity contribution in [3.63, 3.8) is 0 Å². The smallest absolute Gasteiger partial charge is 0.416 e. The molecule has 0 aliphatic rings. The minimum atomic E-state index is -4.47. The number of fused-ring (bicyclic) bond motifs is 1. The number of carbonyl (C=O) groups excluding carboxylic acids is 1. The Morgan fingerprint density at radius 2 is 1.78 bits per heavy atom. The third kappa shape index (κ3) is 6.68. The van der Waals surface area contributed by atoms with Gasteiger partial charge >= 0.3 is 6.18 Å². The standard InChI is InChI=1S/C28H22BrF3N2O3/c1-36-25-14-19(16-33-34-26(35)15-18-6-4-10-22(12-18)28(30,31)32)13-24(29)27(25)37-17-21-9-5-8-20-7-2-3-11-23(20)21/h2-14,16H,15,17H2,1H3,(H,34,35). The van der Waals surface area contributed by atoms with Crippen molar-refractivity contribution >= 4 is 38.8 Å². The molecule has 0 aromatic heterocycles. The molecule has 1 amide bonds.